The van der Waals surface area contributed by atoms with Crippen LogP contribution in [-0.4, -0.2) is 22.4 Å². The minimum atomic E-state index is -0.435. The quantitative estimate of drug-likeness (QED) is 0.382. The molecule has 0 atom stereocenters. The number of aromatic nitrogens is 1. The molecule has 0 aliphatic heterocycles. The number of benzene rings is 2. The van der Waals surface area contributed by atoms with Crippen molar-refractivity contribution in [1.82, 2.24) is 4.98 Å². The van der Waals surface area contributed by atoms with E-state index in [9.17, 15) is 14.9 Å². The molecule has 26 heavy (non-hydrogen) atoms. The van der Waals surface area contributed by atoms with Gasteiger partial charge in [0.2, 0.25) is 5.91 Å². The van der Waals surface area contributed by atoms with Crippen molar-refractivity contribution in [2.24, 2.45) is 0 Å². The number of para-hydroxylation sites is 1. The first kappa shape index (κ1) is 17.3. The Morgan fingerprint density at radius 1 is 1.08 bits per heavy atom. The molecule has 0 fully saturated rings. The van der Waals surface area contributed by atoms with Crippen molar-refractivity contribution in [2.45, 2.75) is 12.8 Å². The highest BCUT2D eigenvalue weighted by Crippen LogP contribution is 2.17. The van der Waals surface area contributed by atoms with Gasteiger partial charge in [0.1, 0.15) is 0 Å². The van der Waals surface area contributed by atoms with Gasteiger partial charge in [0.05, 0.1) is 22.3 Å². The lowest BCUT2D eigenvalue weighted by Crippen LogP contribution is -2.13. The average Bonchev–Trinajstić information content (AvgIpc) is 2.65. The van der Waals surface area contributed by atoms with Gasteiger partial charge in [0.25, 0.3) is 5.69 Å². The summed E-state index contributed by atoms with van der Waals surface area (Å²) in [6.45, 7) is 0.598. The van der Waals surface area contributed by atoms with Gasteiger partial charge >= 0.3 is 0 Å². The van der Waals surface area contributed by atoms with Gasteiger partial charge in [-0.3, -0.25) is 19.9 Å². The number of amides is 1. The summed E-state index contributed by atoms with van der Waals surface area (Å²) in [4.78, 5) is 26.5. The summed E-state index contributed by atoms with van der Waals surface area (Å²) < 4.78 is 0. The Balaban J connectivity index is 1.44. The highest BCUT2D eigenvalue weighted by molar-refractivity contribution is 5.93. The molecule has 0 spiro atoms. The molecule has 7 heteroatoms. The molecule has 0 saturated heterocycles. The summed E-state index contributed by atoms with van der Waals surface area (Å²) in [6, 6.07) is 15.8. The van der Waals surface area contributed by atoms with E-state index in [0.717, 1.165) is 16.6 Å². The van der Waals surface area contributed by atoms with E-state index in [-0.39, 0.29) is 11.6 Å². The topological polar surface area (TPSA) is 97.2 Å². The van der Waals surface area contributed by atoms with Crippen LogP contribution in [0.2, 0.25) is 0 Å². The van der Waals surface area contributed by atoms with Crippen LogP contribution >= 0.6 is 0 Å². The molecule has 0 aliphatic carbocycles. The number of pyridine rings is 1. The van der Waals surface area contributed by atoms with Crippen molar-refractivity contribution in [3.63, 3.8) is 0 Å². The summed E-state index contributed by atoms with van der Waals surface area (Å²) >= 11 is 0. The monoisotopic (exact) mass is 350 g/mol. The number of anilines is 2. The number of carbonyl (C=O) groups excluding carboxylic acids is 1. The Labute approximate surface area is 150 Å². The van der Waals surface area contributed by atoms with Gasteiger partial charge in [-0.25, -0.2) is 0 Å². The van der Waals surface area contributed by atoms with Gasteiger partial charge in [-0.1, -0.05) is 18.2 Å². The zero-order chi connectivity index (χ0) is 18.4. The van der Waals surface area contributed by atoms with E-state index >= 15 is 0 Å². The second-order valence-corrected chi connectivity index (χ2v) is 5.80. The van der Waals surface area contributed by atoms with Crippen LogP contribution in [0.1, 0.15) is 12.8 Å². The zero-order valence-corrected chi connectivity index (χ0v) is 14.0. The Bertz CT molecular complexity index is 925. The van der Waals surface area contributed by atoms with Crippen molar-refractivity contribution in [2.75, 3.05) is 17.2 Å². The van der Waals surface area contributed by atoms with Crippen molar-refractivity contribution < 1.29 is 9.72 Å². The van der Waals surface area contributed by atoms with Crippen LogP contribution in [-0.2, 0) is 4.79 Å². The van der Waals surface area contributed by atoms with Gasteiger partial charge in [0.15, 0.2) is 0 Å². The number of carbonyl (C=O) groups is 1. The third-order valence-electron chi connectivity index (χ3n) is 3.86. The summed E-state index contributed by atoms with van der Waals surface area (Å²) in [6.07, 6.45) is 2.66. The molecule has 1 aromatic heterocycles. The number of fused-ring (bicyclic) bond motifs is 1. The summed E-state index contributed by atoms with van der Waals surface area (Å²) in [7, 11) is 0. The van der Waals surface area contributed by atoms with E-state index in [1.54, 1.807) is 18.3 Å². The molecular weight excluding hydrogens is 332 g/mol. The Morgan fingerprint density at radius 3 is 2.62 bits per heavy atom. The van der Waals surface area contributed by atoms with E-state index in [0.29, 0.717) is 25.1 Å². The number of nitrogens with zero attached hydrogens (tertiary/aromatic N) is 2. The minimum absolute atomic E-state index is 0.0546. The Morgan fingerprint density at radius 2 is 1.85 bits per heavy atom. The molecule has 0 saturated carbocycles. The van der Waals surface area contributed by atoms with Crippen LogP contribution in [0.25, 0.3) is 10.9 Å². The fourth-order valence-corrected chi connectivity index (χ4v) is 2.55. The number of nitrogens with one attached hydrogen (secondary N) is 2. The van der Waals surface area contributed by atoms with Gasteiger partial charge in [-0.2, -0.15) is 0 Å². The lowest BCUT2D eigenvalue weighted by atomic mass is 10.2. The first-order valence-corrected chi connectivity index (χ1v) is 8.25. The van der Waals surface area contributed by atoms with E-state index in [1.165, 1.54) is 12.1 Å². The largest absolute Gasteiger partial charge is 0.385 e. The fourth-order valence-electron chi connectivity index (χ4n) is 2.55. The Kier molecular flexibility index (Phi) is 5.38. The van der Waals surface area contributed by atoms with Gasteiger partial charge < -0.3 is 10.6 Å². The van der Waals surface area contributed by atoms with Crippen molar-refractivity contribution in [3.8, 4) is 0 Å². The molecule has 0 aliphatic rings. The molecule has 132 valence electrons. The van der Waals surface area contributed by atoms with Crippen LogP contribution in [0.4, 0.5) is 17.1 Å². The number of hydrogen-bond donors (Lipinski definition) is 2. The minimum Gasteiger partial charge on any atom is -0.385 e. The smallest absolute Gasteiger partial charge is 0.269 e. The first-order valence-electron chi connectivity index (χ1n) is 8.25. The van der Waals surface area contributed by atoms with Crippen LogP contribution in [0.15, 0.2) is 60.8 Å². The van der Waals surface area contributed by atoms with Crippen molar-refractivity contribution in [3.05, 3.63) is 70.9 Å². The van der Waals surface area contributed by atoms with E-state index in [1.807, 2.05) is 30.3 Å². The van der Waals surface area contributed by atoms with Crippen molar-refractivity contribution in [1.29, 1.82) is 0 Å². The van der Waals surface area contributed by atoms with E-state index in [4.69, 9.17) is 0 Å². The molecule has 1 amide bonds. The first-order chi connectivity index (χ1) is 12.6. The number of rotatable bonds is 7. The molecule has 1 heterocycles. The van der Waals surface area contributed by atoms with Crippen LogP contribution in [0.3, 0.4) is 0 Å². The maximum Gasteiger partial charge on any atom is 0.269 e. The molecule has 0 radical (unpaired) electrons. The molecule has 7 nitrogen and oxygen atoms in total. The van der Waals surface area contributed by atoms with Crippen LogP contribution in [0, 0.1) is 10.1 Å². The zero-order valence-electron chi connectivity index (χ0n) is 14.0. The normalized spacial score (nSPS) is 10.5. The SMILES string of the molecule is O=C(CCCNc1ccc([N+](=O)[O-])cc1)Nc1cnc2ccccc2c1. The lowest BCUT2D eigenvalue weighted by Gasteiger charge is -2.08. The molecule has 0 unspecified atom stereocenters. The average molecular weight is 350 g/mol. The second-order valence-electron chi connectivity index (χ2n) is 5.80. The second kappa shape index (κ2) is 8.06. The highest BCUT2D eigenvalue weighted by atomic mass is 16.6. The standard InChI is InChI=1S/C19H18N4O3/c24-19(22-16-12-14-4-1-2-5-18(14)21-13-16)6-3-11-20-15-7-9-17(10-8-15)23(25)26/h1-2,4-5,7-10,12-13,20H,3,6,11H2,(H,22,24). The predicted molar refractivity (Wildman–Crippen MR) is 101 cm³/mol. The maximum absolute atomic E-state index is 12.0. The van der Waals surface area contributed by atoms with Gasteiger partial charge in [-0.15, -0.1) is 0 Å². The number of hydrogen-bond acceptors (Lipinski definition) is 5. The maximum atomic E-state index is 12.0. The molecule has 3 aromatic rings. The number of non-ortho nitro benzene ring substituents is 1. The summed E-state index contributed by atoms with van der Waals surface area (Å²) in [5, 5.41) is 17.6. The van der Waals surface area contributed by atoms with Crippen LogP contribution in [0.5, 0.6) is 0 Å². The van der Waals surface area contributed by atoms with Gasteiger partial charge in [-0.05, 0) is 30.7 Å². The number of nitro benzene ring substituents is 1. The fraction of sp³-hybridized carbons (Fsp3) is 0.158. The molecule has 3 rings (SSSR count). The highest BCUT2D eigenvalue weighted by Gasteiger charge is 2.05. The third kappa shape index (κ3) is 4.54. The van der Waals surface area contributed by atoms with E-state index < -0.39 is 4.92 Å². The third-order valence-corrected chi connectivity index (χ3v) is 3.86. The van der Waals surface area contributed by atoms with Crippen LogP contribution < -0.4 is 10.6 Å². The molecule has 2 aromatic carbocycles. The number of nitro groups is 1. The van der Waals surface area contributed by atoms with Gasteiger partial charge in [0, 0.05) is 36.2 Å². The van der Waals surface area contributed by atoms with Crippen molar-refractivity contribution >= 4 is 33.9 Å². The van der Waals surface area contributed by atoms with E-state index in [2.05, 4.69) is 15.6 Å². The lowest BCUT2D eigenvalue weighted by molar-refractivity contribution is -0.384. The molecule has 2 N–H and O–H groups in total. The summed E-state index contributed by atoms with van der Waals surface area (Å²) in [5.74, 6) is -0.0763. The Hall–Kier alpha value is -3.48. The summed E-state index contributed by atoms with van der Waals surface area (Å²) in [5.41, 5.74) is 2.41. The molecular formula is C19H18N4O3. The predicted octanol–water partition coefficient (Wildman–Crippen LogP) is 3.97. The molecule has 0 bridgehead atoms.